The summed E-state index contributed by atoms with van der Waals surface area (Å²) in [6.45, 7) is 15.6. The Kier molecular flexibility index (Phi) is 7.50. The number of ether oxygens (including phenoxy) is 1. The summed E-state index contributed by atoms with van der Waals surface area (Å²) in [5.41, 5.74) is -0.485. The molecule has 0 aromatic carbocycles. The van der Waals surface area contributed by atoms with Crippen molar-refractivity contribution in [3.63, 3.8) is 0 Å². The van der Waals surface area contributed by atoms with Crippen molar-refractivity contribution in [3.05, 3.63) is 0 Å². The van der Waals surface area contributed by atoms with Gasteiger partial charge >= 0.3 is 0 Å². The predicted octanol–water partition coefficient (Wildman–Crippen LogP) is 3.02. The van der Waals surface area contributed by atoms with Gasteiger partial charge in [0.2, 0.25) is 0 Å². The van der Waals surface area contributed by atoms with Crippen LogP contribution in [0.4, 0.5) is 0 Å². The average Bonchev–Trinajstić information content (AvgIpc) is 2.72. The minimum atomic E-state index is -3.73. The van der Waals surface area contributed by atoms with Crippen molar-refractivity contribution in [2.24, 2.45) is 0 Å². The van der Waals surface area contributed by atoms with Gasteiger partial charge in [-0.05, 0) is 31.5 Å². The molecule has 0 saturated carbocycles. The normalized spacial score (nSPS) is 28.1. The van der Waals surface area contributed by atoms with E-state index in [4.69, 9.17) is 21.2 Å². The van der Waals surface area contributed by atoms with E-state index < -0.39 is 49.4 Å². The first-order chi connectivity index (χ1) is 11.3. The van der Waals surface area contributed by atoms with Crippen LogP contribution in [-0.4, -0.2) is 74.1 Å². The SMILES string of the molecule is [B][C@@H]1O[C@H](C(OS(C)(=O)=O)C(C)P(C)(C)=O)CC1O[Si](C)(C)C(C)(C)C. The second kappa shape index (κ2) is 7.99. The van der Waals surface area contributed by atoms with Crippen LogP contribution in [0.25, 0.3) is 0 Å². The fourth-order valence-electron chi connectivity index (χ4n) is 2.60. The summed E-state index contributed by atoms with van der Waals surface area (Å²) in [6, 6.07) is -0.667. The van der Waals surface area contributed by atoms with E-state index in [1.165, 1.54) is 0 Å². The lowest BCUT2D eigenvalue weighted by molar-refractivity contribution is -0.00163. The molecule has 152 valence electrons. The lowest BCUT2D eigenvalue weighted by Gasteiger charge is -2.39. The zero-order valence-corrected chi connectivity index (χ0v) is 20.2. The van der Waals surface area contributed by atoms with E-state index in [9.17, 15) is 13.0 Å². The molecule has 1 fully saturated rings. The van der Waals surface area contributed by atoms with Crippen molar-refractivity contribution in [2.45, 2.75) is 82.2 Å². The van der Waals surface area contributed by atoms with E-state index in [-0.39, 0.29) is 11.1 Å². The third-order valence-electron chi connectivity index (χ3n) is 5.52. The molecule has 1 saturated heterocycles. The zero-order valence-electron chi connectivity index (χ0n) is 17.5. The van der Waals surface area contributed by atoms with E-state index in [1.54, 1.807) is 20.3 Å². The highest BCUT2D eigenvalue weighted by Gasteiger charge is 2.47. The van der Waals surface area contributed by atoms with Gasteiger partial charge in [0.05, 0.1) is 25.6 Å². The topological polar surface area (TPSA) is 78.9 Å². The summed E-state index contributed by atoms with van der Waals surface area (Å²) >= 11 is 0. The van der Waals surface area contributed by atoms with Crippen LogP contribution < -0.4 is 0 Å². The second-order valence-electron chi connectivity index (χ2n) is 9.23. The van der Waals surface area contributed by atoms with Crippen molar-refractivity contribution in [1.29, 1.82) is 0 Å². The van der Waals surface area contributed by atoms with Gasteiger partial charge in [0.1, 0.15) is 14.0 Å². The smallest absolute Gasteiger partial charge is 0.264 e. The van der Waals surface area contributed by atoms with Crippen LogP contribution in [0.5, 0.6) is 0 Å². The Labute approximate surface area is 161 Å². The van der Waals surface area contributed by atoms with Crippen molar-refractivity contribution in [1.82, 2.24) is 0 Å². The molecule has 1 heterocycles. The summed E-state index contributed by atoms with van der Waals surface area (Å²) in [5, 5.41) is 0.0172. The van der Waals surface area contributed by atoms with Crippen LogP contribution in [0.2, 0.25) is 18.1 Å². The molecular weight excluding hydrogens is 390 g/mol. The summed E-state index contributed by atoms with van der Waals surface area (Å²) in [7, 11) is -2.26. The van der Waals surface area contributed by atoms with Crippen LogP contribution in [0, 0.1) is 0 Å². The summed E-state index contributed by atoms with van der Waals surface area (Å²) in [6.07, 6.45) is -0.380. The molecule has 26 heavy (non-hydrogen) atoms. The highest BCUT2D eigenvalue weighted by atomic mass is 32.2. The van der Waals surface area contributed by atoms with Crippen LogP contribution >= 0.6 is 7.14 Å². The van der Waals surface area contributed by atoms with Gasteiger partial charge in [-0.2, -0.15) is 8.42 Å². The van der Waals surface area contributed by atoms with Crippen molar-refractivity contribution < 1.29 is 26.3 Å². The minimum absolute atomic E-state index is 0.0172. The molecule has 0 bridgehead atoms. The van der Waals surface area contributed by atoms with Gasteiger partial charge in [-0.15, -0.1) is 0 Å². The van der Waals surface area contributed by atoms with Gasteiger partial charge in [0.25, 0.3) is 10.1 Å². The first-order valence-corrected chi connectivity index (χ1v) is 16.3. The molecule has 5 atom stereocenters. The molecule has 0 aliphatic carbocycles. The Morgan fingerprint density at radius 3 is 2.15 bits per heavy atom. The fourth-order valence-corrected chi connectivity index (χ4v) is 5.68. The second-order valence-corrected chi connectivity index (χ2v) is 19.3. The third-order valence-corrected chi connectivity index (χ3v) is 12.9. The molecule has 1 aliphatic rings. The fraction of sp³-hybridized carbons (Fsp3) is 1.00. The maximum atomic E-state index is 12.5. The van der Waals surface area contributed by atoms with Crippen molar-refractivity contribution in [3.8, 4) is 0 Å². The Hall–Kier alpha value is 0.342. The molecule has 10 heteroatoms. The molecule has 6 nitrogen and oxygen atoms in total. The third kappa shape index (κ3) is 6.45. The Balaban J connectivity index is 3.03. The van der Waals surface area contributed by atoms with E-state index in [1.807, 2.05) is 0 Å². The first kappa shape index (κ1) is 24.4. The zero-order chi connectivity index (χ0) is 20.7. The highest BCUT2D eigenvalue weighted by molar-refractivity contribution is 7.86. The van der Waals surface area contributed by atoms with Gasteiger partial charge in [-0.3, -0.25) is 4.18 Å². The molecule has 0 spiro atoms. The predicted molar refractivity (Wildman–Crippen MR) is 110 cm³/mol. The molecule has 1 rings (SSSR count). The maximum absolute atomic E-state index is 12.5. The quantitative estimate of drug-likeness (QED) is 0.355. The minimum Gasteiger partial charge on any atom is -0.412 e. The number of hydrogen-bond donors (Lipinski definition) is 0. The summed E-state index contributed by atoms with van der Waals surface area (Å²) in [4.78, 5) is 0. The van der Waals surface area contributed by atoms with E-state index >= 15 is 0 Å². The summed E-state index contributed by atoms with van der Waals surface area (Å²) < 4.78 is 53.5. The average molecular weight is 424 g/mol. The van der Waals surface area contributed by atoms with E-state index in [2.05, 4.69) is 33.9 Å². The summed E-state index contributed by atoms with van der Waals surface area (Å²) in [5.74, 6) is 0. The standard InChI is InChI=1S/C16H34BO6PSSi/c1-11(24(5,6)18)14(22-25(7,19)20)12-10-13(15(17)21-12)23-26(8,9)16(2,3)4/h11-15H,10H2,1-9H3/t11?,12-,13?,14?,15+/m0/s1. The van der Waals surface area contributed by atoms with E-state index in [0.29, 0.717) is 6.42 Å². The van der Waals surface area contributed by atoms with Crippen LogP contribution in [0.3, 0.4) is 0 Å². The molecule has 0 amide bonds. The van der Waals surface area contributed by atoms with Gasteiger partial charge in [-0.25, -0.2) is 0 Å². The molecular formula is C16H34BO6PSSi. The monoisotopic (exact) mass is 424 g/mol. The lowest BCUT2D eigenvalue weighted by Crippen LogP contribution is -2.46. The van der Waals surface area contributed by atoms with Crippen LogP contribution in [-0.2, 0) is 28.0 Å². The largest absolute Gasteiger partial charge is 0.412 e. The molecule has 3 unspecified atom stereocenters. The first-order valence-electron chi connectivity index (χ1n) is 8.87. The van der Waals surface area contributed by atoms with Gasteiger partial charge < -0.3 is 13.7 Å². The van der Waals surface area contributed by atoms with E-state index in [0.717, 1.165) is 6.26 Å². The van der Waals surface area contributed by atoms with Gasteiger partial charge in [0, 0.05) is 18.1 Å². The highest BCUT2D eigenvalue weighted by Crippen LogP contribution is 2.47. The van der Waals surface area contributed by atoms with Crippen molar-refractivity contribution in [2.75, 3.05) is 19.6 Å². The van der Waals surface area contributed by atoms with Crippen LogP contribution in [0.15, 0.2) is 0 Å². The maximum Gasteiger partial charge on any atom is 0.264 e. The molecule has 2 radical (unpaired) electrons. The Bertz CT molecular complexity index is 642. The lowest BCUT2D eigenvalue weighted by atomic mass is 9.94. The molecule has 0 aromatic heterocycles. The van der Waals surface area contributed by atoms with Crippen molar-refractivity contribution >= 4 is 33.4 Å². The number of hydrogen-bond acceptors (Lipinski definition) is 6. The van der Waals surface area contributed by atoms with Crippen LogP contribution in [0.1, 0.15) is 34.1 Å². The molecule has 0 aromatic rings. The van der Waals surface area contributed by atoms with Gasteiger partial charge in [0.15, 0.2) is 8.32 Å². The van der Waals surface area contributed by atoms with Gasteiger partial charge in [-0.1, -0.05) is 27.7 Å². The Morgan fingerprint density at radius 2 is 1.77 bits per heavy atom. The molecule has 1 aliphatic heterocycles. The Morgan fingerprint density at radius 1 is 1.27 bits per heavy atom. The molecule has 0 N–H and O–H groups in total. The number of rotatable bonds is 7.